The predicted molar refractivity (Wildman–Crippen MR) is 511 cm³/mol. The number of aromatic nitrogens is 23. The normalized spacial score (nSPS) is 11.4. The van der Waals surface area contributed by atoms with E-state index in [0.29, 0.717) is 117 Å². The molecule has 3 N–H and O–H groups in total. The summed E-state index contributed by atoms with van der Waals surface area (Å²) in [5.41, 5.74) is 13.3. The molecular weight excluding hydrogens is 1800 g/mol. The number of pyridine rings is 9. The van der Waals surface area contributed by atoms with Gasteiger partial charge < -0.3 is 48.8 Å². The summed E-state index contributed by atoms with van der Waals surface area (Å²) in [6.07, 6.45) is 20.7. The van der Waals surface area contributed by atoms with Crippen LogP contribution in [0.25, 0.3) is 166 Å². The second kappa shape index (κ2) is 36.3. The molecule has 0 radical (unpaired) electrons. The van der Waals surface area contributed by atoms with E-state index in [4.69, 9.17) is 33.2 Å². The Hall–Kier alpha value is -18.3. The van der Waals surface area contributed by atoms with Crippen LogP contribution in [-0.2, 0) is 42.3 Å². The van der Waals surface area contributed by atoms with E-state index in [1.807, 2.05) is 94.9 Å². The van der Waals surface area contributed by atoms with Crippen LogP contribution >= 0.6 is 0 Å². The van der Waals surface area contributed by atoms with Crippen molar-refractivity contribution < 1.29 is 60.3 Å². The van der Waals surface area contributed by atoms with Crippen molar-refractivity contribution in [2.45, 2.75) is 13.8 Å². The third kappa shape index (κ3) is 15.6. The summed E-state index contributed by atoms with van der Waals surface area (Å²) in [7, 11) is 23.6. The molecule has 0 bridgehead atoms. The number of ether oxygens (including phenoxy) is 7. The number of halogens is 4. The van der Waals surface area contributed by atoms with Gasteiger partial charge in [0.15, 0.2) is 46.4 Å². The quantitative estimate of drug-likeness (QED) is 0.0713. The maximum absolute atomic E-state index is 15.2. The van der Waals surface area contributed by atoms with E-state index in [1.165, 1.54) is 89.6 Å². The zero-order valence-electron chi connectivity index (χ0n) is 77.4. The largest absolute Gasteiger partial charge is 0.496 e. The van der Waals surface area contributed by atoms with Gasteiger partial charge in [-0.05, 0) is 74.0 Å². The van der Waals surface area contributed by atoms with Gasteiger partial charge in [0.2, 0.25) is 5.88 Å². The number of aromatic amines is 1. The second-order valence-electron chi connectivity index (χ2n) is 31.9. The molecule has 5 aromatic carbocycles. The van der Waals surface area contributed by atoms with Gasteiger partial charge >= 0.3 is 22.8 Å². The molecule has 0 aliphatic rings. The molecule has 16 heterocycles. The summed E-state index contributed by atoms with van der Waals surface area (Å²) in [6.45, 7) is 3.80. The number of nitrogens with zero attached hydrogens (tertiary/aromatic N) is 22. The van der Waals surface area contributed by atoms with E-state index in [2.05, 4.69) is 75.7 Å². The van der Waals surface area contributed by atoms with Crippen LogP contribution < -0.4 is 66.6 Å². The van der Waals surface area contributed by atoms with Gasteiger partial charge in [-0.3, -0.25) is 76.3 Å². The average molecular weight is 1880 g/mol. The van der Waals surface area contributed by atoms with E-state index in [1.54, 1.807) is 135 Å². The van der Waals surface area contributed by atoms with E-state index in [9.17, 15) is 28.8 Å². The topological polar surface area (TPSA) is 411 Å². The fraction of sp³-hybridized carbons (Fsp3) is 0.175. The molecular formula is C97H83F4N25O13. The minimum Gasteiger partial charge on any atom is -0.496 e. The van der Waals surface area contributed by atoms with Gasteiger partial charge in [-0.15, -0.1) is 0 Å². The lowest BCUT2D eigenvalue weighted by Crippen LogP contribution is -2.23. The van der Waals surface area contributed by atoms with Crippen LogP contribution in [0, 0.1) is 37.1 Å². The Balaban J connectivity index is 0.000000123. The third-order valence-corrected chi connectivity index (χ3v) is 23.9. The van der Waals surface area contributed by atoms with Crippen molar-refractivity contribution in [3.63, 3.8) is 0 Å². The Morgan fingerprint density at radius 3 is 1.13 bits per heavy atom. The highest BCUT2D eigenvalue weighted by Gasteiger charge is 2.30. The Bertz CT molecular complexity index is 8910. The summed E-state index contributed by atoms with van der Waals surface area (Å²) >= 11 is 0. The molecule has 0 atom stereocenters. The molecule has 139 heavy (non-hydrogen) atoms. The number of nitrogens with one attached hydrogen (secondary N) is 3. The smallest absolute Gasteiger partial charge is 0.334 e. The van der Waals surface area contributed by atoms with Crippen LogP contribution in [-0.4, -0.2) is 187 Å². The van der Waals surface area contributed by atoms with Gasteiger partial charge in [0.1, 0.15) is 40.2 Å². The number of rotatable bonds is 17. The minimum absolute atomic E-state index is 0.0117. The fourth-order valence-corrected chi connectivity index (χ4v) is 17.1. The van der Waals surface area contributed by atoms with Crippen molar-refractivity contribution in [3.05, 3.63) is 266 Å². The van der Waals surface area contributed by atoms with E-state index in [-0.39, 0.29) is 45.6 Å². The highest BCUT2D eigenvalue weighted by atomic mass is 19.1. The Kier molecular flexibility index (Phi) is 23.8. The van der Waals surface area contributed by atoms with Crippen molar-refractivity contribution in [2.75, 3.05) is 63.9 Å². The first-order valence-electron chi connectivity index (χ1n) is 42.4. The summed E-state index contributed by atoms with van der Waals surface area (Å²) in [6, 6.07) is 26.2. The van der Waals surface area contributed by atoms with E-state index in [0.717, 1.165) is 91.6 Å². The van der Waals surface area contributed by atoms with Crippen molar-refractivity contribution in [2.24, 2.45) is 42.3 Å². The number of H-pyrrole nitrogens is 1. The number of methoxy groups -OCH3 is 7. The van der Waals surface area contributed by atoms with Crippen LogP contribution in [0.2, 0.25) is 0 Å². The van der Waals surface area contributed by atoms with E-state index >= 15 is 17.6 Å². The molecule has 0 unspecified atom stereocenters. The predicted octanol–water partition coefficient (Wildman–Crippen LogP) is 12.4. The van der Waals surface area contributed by atoms with Gasteiger partial charge in [-0.25, -0.2) is 65.8 Å². The Morgan fingerprint density at radius 1 is 0.360 bits per heavy atom. The van der Waals surface area contributed by atoms with Crippen LogP contribution in [0.1, 0.15) is 32.2 Å². The van der Waals surface area contributed by atoms with Gasteiger partial charge in [-0.2, -0.15) is 10.2 Å². The fourth-order valence-electron chi connectivity index (χ4n) is 17.1. The molecule has 0 saturated heterocycles. The van der Waals surface area contributed by atoms with Crippen LogP contribution in [0.5, 0.6) is 40.4 Å². The number of aryl methyl sites for hydroxylation is 8. The molecule has 21 aromatic rings. The van der Waals surface area contributed by atoms with Crippen LogP contribution in [0.3, 0.4) is 0 Å². The van der Waals surface area contributed by atoms with Crippen molar-refractivity contribution in [1.29, 1.82) is 0 Å². The molecule has 16 aromatic heterocycles. The summed E-state index contributed by atoms with van der Waals surface area (Å²) in [4.78, 5) is 123. The summed E-state index contributed by atoms with van der Waals surface area (Å²) in [5, 5.41) is 16.0. The lowest BCUT2D eigenvalue weighted by Gasteiger charge is -2.13. The highest BCUT2D eigenvalue weighted by molar-refractivity contribution is 6.10. The Labute approximate surface area is 782 Å². The lowest BCUT2D eigenvalue weighted by molar-refractivity contribution is 0.0954. The van der Waals surface area contributed by atoms with Crippen LogP contribution in [0.15, 0.2) is 197 Å². The number of amides is 2. The zero-order valence-corrected chi connectivity index (χ0v) is 77.4. The minimum atomic E-state index is -0.804. The van der Waals surface area contributed by atoms with Crippen molar-refractivity contribution in [3.8, 4) is 108 Å². The first-order valence-corrected chi connectivity index (χ1v) is 42.4. The van der Waals surface area contributed by atoms with E-state index < -0.39 is 57.8 Å². The number of carbonyl (C=O) groups excluding carboxylic acids is 2. The molecule has 0 fully saturated rings. The molecule has 0 saturated carbocycles. The zero-order chi connectivity index (χ0) is 98.3. The van der Waals surface area contributed by atoms with Gasteiger partial charge in [-0.1, -0.05) is 6.07 Å². The lowest BCUT2D eigenvalue weighted by atomic mass is 10.0. The van der Waals surface area contributed by atoms with Gasteiger partial charge in [0.25, 0.3) is 11.8 Å². The SMILES string of the molecule is CNC(=O)c1cnc(-n2c(=O)n(C)c3cnc4cc(OC)c(-c5cn(C)nc5C)cc4c32)c(F)c1.CNC(=O)c1cnc(-n2c(=O)n(C)c3cnc4cc(OC)c(-c5cnn(C)c5)cc4c32)c(F)c1.COc1cc2ncc3c(c2cc1-c1ccc2nc(C)[nH]c2c1)n(-c1c(F)cncc1OC)c(=O)n3C.COc1ccc(-c2cc3c(cc2OC)ncc2c3n(-c3c(F)cncc3OC)c(=O)n2C)cn1. The first kappa shape index (κ1) is 91.2. The highest BCUT2D eigenvalue weighted by Crippen LogP contribution is 2.44. The maximum atomic E-state index is 15.2. The molecule has 21 rings (SSSR count). The van der Waals surface area contributed by atoms with Crippen molar-refractivity contribution in [1.82, 2.24) is 122 Å². The summed E-state index contributed by atoms with van der Waals surface area (Å²) in [5.74, 6) is -0.436. The number of fused-ring (bicyclic) bond motifs is 13. The summed E-state index contributed by atoms with van der Waals surface area (Å²) < 4.78 is 113. The number of carbonyl (C=O) groups is 2. The molecule has 0 aliphatic carbocycles. The molecule has 2 amide bonds. The molecule has 0 spiro atoms. The first-order chi connectivity index (χ1) is 67.0. The molecule has 42 heteroatoms. The van der Waals surface area contributed by atoms with Gasteiger partial charge in [0.05, 0.1) is 200 Å². The molecule has 38 nitrogen and oxygen atoms in total. The van der Waals surface area contributed by atoms with Gasteiger partial charge in [0, 0.05) is 178 Å². The Morgan fingerprint density at radius 2 is 0.755 bits per heavy atom. The third-order valence-electron chi connectivity index (χ3n) is 23.9. The average Bonchev–Trinajstić information content (AvgIpc) is 1.59. The number of hydrogen-bond donors (Lipinski definition) is 3. The molecule has 702 valence electrons. The monoisotopic (exact) mass is 1880 g/mol. The van der Waals surface area contributed by atoms with Crippen LogP contribution in [0.4, 0.5) is 17.6 Å². The number of benzene rings is 5. The maximum Gasteiger partial charge on any atom is 0.334 e. The second-order valence-corrected chi connectivity index (χ2v) is 31.9. The number of imidazole rings is 5. The standard InChI is InChI=1S/C26H21FN6O3.C24H22FN7O3.C24H20FN5O4.C23H20FN7O3/c1-13-30-18-6-5-14(7-20(18)31-13)15-8-16-19(9-22(15)35-3)29-11-21-24(16)33(26(34)32(21)2)25-17(27)10-28-12-23(25)36-4;1-12-16(11-30(3)29-12)14-7-15-18(8-20(14)35-5)27-10-19-21(15)32(24(34)31(19)4)22-17(25)6-13(9-28-22)23(33)26-2;1-29-18-11-27-17-8-19(32-2)14(13-5-6-21(34-4)28-9-13)7-15(17)22(18)30(24(29)31)23-16(25)10-26-12-20(23)33-3;1-25-22(32)12-5-16(24)21(27-8-12)31-20-15-6-14(13-9-28-29(2)11-13)19(34-4)7-17(15)26-10-18(20)30(3)23(31)33/h5-12H,1-4H3,(H,30,31);6-11H,1-5H3,(H,26,33);5-12H,1-4H3;5-11H,1-4H3,(H,25,32). The van der Waals surface area contributed by atoms with Crippen molar-refractivity contribution >= 4 is 111 Å². The number of hydrogen-bond acceptors (Lipinski definition) is 25. The molecule has 0 aliphatic heterocycles.